The molecule has 4 heteroatoms. The molecule has 17 heavy (non-hydrogen) atoms. The van der Waals surface area contributed by atoms with Crippen molar-refractivity contribution in [1.82, 2.24) is 0 Å². The number of hydrogen-bond acceptors (Lipinski definition) is 2. The highest BCUT2D eigenvalue weighted by Crippen LogP contribution is 2.30. The molecule has 0 radical (unpaired) electrons. The first-order valence-corrected chi connectivity index (χ1v) is 6.05. The van der Waals surface area contributed by atoms with Gasteiger partial charge in [0, 0.05) is 10.0 Å². The van der Waals surface area contributed by atoms with E-state index >= 15 is 0 Å². The third kappa shape index (κ3) is 2.87. The summed E-state index contributed by atoms with van der Waals surface area (Å²) >= 11 is 9.27. The molecule has 2 aromatic carbocycles. The molecule has 2 rings (SSSR count). The highest BCUT2D eigenvalue weighted by Gasteiger charge is 2.04. The van der Waals surface area contributed by atoms with Crippen LogP contribution in [0.3, 0.4) is 0 Å². The highest BCUT2D eigenvalue weighted by atomic mass is 79.9. The molecule has 0 aliphatic heterocycles. The Balaban J connectivity index is 2.28. The molecular formula is C13H8BrClO2. The van der Waals surface area contributed by atoms with Crippen molar-refractivity contribution in [3.8, 4) is 11.5 Å². The minimum Gasteiger partial charge on any atom is -0.456 e. The zero-order valence-electron chi connectivity index (χ0n) is 8.69. The lowest BCUT2D eigenvalue weighted by molar-refractivity contribution is 0.112. The molecule has 0 fully saturated rings. The van der Waals surface area contributed by atoms with Gasteiger partial charge in [-0.3, -0.25) is 4.79 Å². The van der Waals surface area contributed by atoms with Gasteiger partial charge < -0.3 is 4.74 Å². The van der Waals surface area contributed by atoms with Crippen LogP contribution in [0.2, 0.25) is 5.02 Å². The molecule has 0 bridgehead atoms. The summed E-state index contributed by atoms with van der Waals surface area (Å²) in [6.45, 7) is 0. The first-order chi connectivity index (χ1) is 8.20. The Morgan fingerprint density at radius 1 is 1.18 bits per heavy atom. The Labute approximate surface area is 112 Å². The van der Waals surface area contributed by atoms with Gasteiger partial charge in [-0.25, -0.2) is 0 Å². The predicted molar refractivity (Wildman–Crippen MR) is 71.1 cm³/mol. The second kappa shape index (κ2) is 5.34. The molecule has 0 unspecified atom stereocenters. The minimum absolute atomic E-state index is 0.545. The number of aldehydes is 1. The highest BCUT2D eigenvalue weighted by molar-refractivity contribution is 9.10. The molecule has 0 amide bonds. The van der Waals surface area contributed by atoms with Crippen molar-refractivity contribution in [2.45, 2.75) is 0 Å². The fraction of sp³-hybridized carbons (Fsp3) is 0. The summed E-state index contributed by atoms with van der Waals surface area (Å²) in [5, 5.41) is 0.545. The van der Waals surface area contributed by atoms with E-state index in [0.29, 0.717) is 26.6 Å². The molecular weight excluding hydrogens is 303 g/mol. The van der Waals surface area contributed by atoms with Crippen molar-refractivity contribution >= 4 is 33.8 Å². The zero-order chi connectivity index (χ0) is 12.3. The van der Waals surface area contributed by atoms with E-state index in [4.69, 9.17) is 16.3 Å². The number of hydrogen-bond donors (Lipinski definition) is 0. The fourth-order valence-corrected chi connectivity index (χ4v) is 1.95. The molecule has 2 aromatic rings. The van der Waals surface area contributed by atoms with Gasteiger partial charge in [-0.05, 0) is 46.3 Å². The summed E-state index contributed by atoms with van der Waals surface area (Å²) in [6.07, 6.45) is 0.781. The van der Waals surface area contributed by atoms with Gasteiger partial charge in [-0.15, -0.1) is 0 Å². The van der Waals surface area contributed by atoms with E-state index in [1.54, 1.807) is 30.3 Å². The quantitative estimate of drug-likeness (QED) is 0.768. The van der Waals surface area contributed by atoms with Crippen molar-refractivity contribution in [3.05, 3.63) is 57.5 Å². The van der Waals surface area contributed by atoms with Crippen molar-refractivity contribution in [2.75, 3.05) is 0 Å². The van der Waals surface area contributed by atoms with Crippen LogP contribution in [0, 0.1) is 0 Å². The molecule has 0 saturated heterocycles. The smallest absolute Gasteiger partial charge is 0.151 e. The second-order valence-electron chi connectivity index (χ2n) is 3.33. The summed E-state index contributed by atoms with van der Waals surface area (Å²) in [6, 6.07) is 12.3. The molecule has 0 aliphatic carbocycles. The second-order valence-corrected chi connectivity index (χ2v) is 4.60. The Morgan fingerprint density at radius 2 is 1.94 bits per heavy atom. The molecule has 86 valence electrons. The third-order valence-corrected chi connectivity index (χ3v) is 3.16. The van der Waals surface area contributed by atoms with Crippen LogP contribution in [-0.4, -0.2) is 6.29 Å². The number of para-hydroxylation sites is 1. The standard InChI is InChI=1S/C13H8BrClO2/c14-11-7-10(6-5-9(11)8-16)17-13-4-2-1-3-12(13)15/h1-8H. The summed E-state index contributed by atoms with van der Waals surface area (Å²) in [7, 11) is 0. The van der Waals surface area contributed by atoms with E-state index in [1.165, 1.54) is 0 Å². The van der Waals surface area contributed by atoms with Crippen molar-refractivity contribution in [3.63, 3.8) is 0 Å². The normalized spacial score (nSPS) is 10.0. The lowest BCUT2D eigenvalue weighted by Gasteiger charge is -2.08. The molecule has 0 heterocycles. The molecule has 0 N–H and O–H groups in total. The van der Waals surface area contributed by atoms with Gasteiger partial charge in [0.1, 0.15) is 11.5 Å². The largest absolute Gasteiger partial charge is 0.456 e. The van der Waals surface area contributed by atoms with Gasteiger partial charge in [0.05, 0.1) is 5.02 Å². The number of benzene rings is 2. The number of ether oxygens (including phenoxy) is 1. The van der Waals surface area contributed by atoms with Gasteiger partial charge in [0.25, 0.3) is 0 Å². The molecule has 0 aliphatic rings. The van der Waals surface area contributed by atoms with Crippen LogP contribution in [0.5, 0.6) is 11.5 Å². The van der Waals surface area contributed by atoms with E-state index in [2.05, 4.69) is 15.9 Å². The Bertz CT molecular complexity index is 555. The van der Waals surface area contributed by atoms with Crippen LogP contribution in [0.4, 0.5) is 0 Å². The van der Waals surface area contributed by atoms with E-state index in [1.807, 2.05) is 12.1 Å². The molecule has 0 atom stereocenters. The first kappa shape index (κ1) is 12.1. The third-order valence-electron chi connectivity index (χ3n) is 2.16. The maximum Gasteiger partial charge on any atom is 0.151 e. The number of rotatable bonds is 3. The van der Waals surface area contributed by atoms with E-state index < -0.39 is 0 Å². The van der Waals surface area contributed by atoms with Crippen LogP contribution in [-0.2, 0) is 0 Å². The van der Waals surface area contributed by atoms with Crippen LogP contribution in [0.25, 0.3) is 0 Å². The minimum atomic E-state index is 0.545. The summed E-state index contributed by atoms with van der Waals surface area (Å²) in [5.74, 6) is 1.20. The molecule has 2 nitrogen and oxygen atoms in total. The first-order valence-electron chi connectivity index (χ1n) is 4.88. The number of carbonyl (C=O) groups excluding carboxylic acids is 1. The van der Waals surface area contributed by atoms with E-state index in [9.17, 15) is 4.79 Å². The zero-order valence-corrected chi connectivity index (χ0v) is 11.0. The maximum atomic E-state index is 10.7. The van der Waals surface area contributed by atoms with Gasteiger partial charge in [-0.2, -0.15) is 0 Å². The van der Waals surface area contributed by atoms with Crippen molar-refractivity contribution in [2.24, 2.45) is 0 Å². The predicted octanol–water partition coefficient (Wildman–Crippen LogP) is 4.71. The average Bonchev–Trinajstić information content (AvgIpc) is 2.32. The summed E-state index contributed by atoms with van der Waals surface area (Å²) in [5.41, 5.74) is 0.580. The summed E-state index contributed by atoms with van der Waals surface area (Å²) in [4.78, 5) is 10.7. The van der Waals surface area contributed by atoms with Crippen LogP contribution >= 0.6 is 27.5 Å². The van der Waals surface area contributed by atoms with Crippen LogP contribution < -0.4 is 4.74 Å². The van der Waals surface area contributed by atoms with E-state index in [-0.39, 0.29) is 0 Å². The van der Waals surface area contributed by atoms with Gasteiger partial charge in [-0.1, -0.05) is 23.7 Å². The van der Waals surface area contributed by atoms with Gasteiger partial charge in [0.2, 0.25) is 0 Å². The summed E-state index contributed by atoms with van der Waals surface area (Å²) < 4.78 is 6.30. The molecule has 0 aromatic heterocycles. The topological polar surface area (TPSA) is 26.3 Å². The maximum absolute atomic E-state index is 10.7. The van der Waals surface area contributed by atoms with Crippen molar-refractivity contribution in [1.29, 1.82) is 0 Å². The van der Waals surface area contributed by atoms with E-state index in [0.717, 1.165) is 6.29 Å². The van der Waals surface area contributed by atoms with Crippen molar-refractivity contribution < 1.29 is 9.53 Å². The Morgan fingerprint density at radius 3 is 2.59 bits per heavy atom. The van der Waals surface area contributed by atoms with Crippen LogP contribution in [0.1, 0.15) is 10.4 Å². The van der Waals surface area contributed by atoms with Crippen LogP contribution in [0.15, 0.2) is 46.9 Å². The monoisotopic (exact) mass is 310 g/mol. The number of carbonyl (C=O) groups is 1. The van der Waals surface area contributed by atoms with Gasteiger partial charge in [0.15, 0.2) is 6.29 Å². The Kier molecular flexibility index (Phi) is 3.82. The lowest BCUT2D eigenvalue weighted by atomic mass is 10.2. The average molecular weight is 312 g/mol. The Hall–Kier alpha value is -1.32. The number of halogens is 2. The SMILES string of the molecule is O=Cc1ccc(Oc2ccccc2Cl)cc1Br. The lowest BCUT2D eigenvalue weighted by Crippen LogP contribution is -1.87. The fourth-order valence-electron chi connectivity index (χ4n) is 1.32. The van der Waals surface area contributed by atoms with Gasteiger partial charge >= 0.3 is 0 Å². The molecule has 0 spiro atoms. The molecule has 0 saturated carbocycles.